The maximum Gasteiger partial charge on any atom is 0.323 e. The van der Waals surface area contributed by atoms with Crippen molar-refractivity contribution in [3.05, 3.63) is 89.1 Å². The first-order valence-corrected chi connectivity index (χ1v) is 10.0. The fraction of sp³-hybridized carbons (Fsp3) is 0.120. The molecule has 0 radical (unpaired) electrons. The van der Waals surface area contributed by atoms with Gasteiger partial charge in [-0.3, -0.25) is 4.79 Å². The molecule has 0 aliphatic heterocycles. The van der Waals surface area contributed by atoms with Crippen LogP contribution in [0.2, 0.25) is 0 Å². The van der Waals surface area contributed by atoms with Crippen molar-refractivity contribution in [2.45, 2.75) is 20.8 Å². The molecule has 0 bridgehead atoms. The Kier molecular flexibility index (Phi) is 5.45. The second kappa shape index (κ2) is 8.36. The molecule has 3 aromatic carbocycles. The number of nitrogens with one attached hydrogen (secondary N) is 4. The molecule has 1 aromatic heterocycles. The van der Waals surface area contributed by atoms with E-state index in [0.29, 0.717) is 22.6 Å². The molecule has 6 heteroatoms. The minimum atomic E-state index is -0.351. The van der Waals surface area contributed by atoms with E-state index >= 15 is 0 Å². The number of benzene rings is 3. The Morgan fingerprint density at radius 3 is 2.29 bits per heavy atom. The van der Waals surface area contributed by atoms with Gasteiger partial charge in [-0.15, -0.1) is 0 Å². The summed E-state index contributed by atoms with van der Waals surface area (Å²) in [6, 6.07) is 19.9. The van der Waals surface area contributed by atoms with Crippen LogP contribution in [0.1, 0.15) is 27.2 Å². The van der Waals surface area contributed by atoms with E-state index in [-0.39, 0.29) is 11.9 Å². The molecule has 0 saturated heterocycles. The molecule has 4 rings (SSSR count). The molecule has 0 saturated carbocycles. The molecule has 156 valence electrons. The lowest BCUT2D eigenvalue weighted by Crippen LogP contribution is -2.19. The van der Waals surface area contributed by atoms with Gasteiger partial charge >= 0.3 is 6.03 Å². The summed E-state index contributed by atoms with van der Waals surface area (Å²) in [6.07, 6.45) is 0. The predicted molar refractivity (Wildman–Crippen MR) is 126 cm³/mol. The van der Waals surface area contributed by atoms with E-state index in [1.807, 2.05) is 69.3 Å². The Morgan fingerprint density at radius 2 is 1.52 bits per heavy atom. The quantitative estimate of drug-likeness (QED) is 0.332. The zero-order valence-electron chi connectivity index (χ0n) is 17.7. The standard InChI is InChI=1S/C25H24N4O2/c1-15-9-11-20(28-25(31)27-19-7-5-4-6-8-19)14-23(15)29-24(30)18-10-12-22-21(13-18)16(2)17(3)26-22/h4-14,26H,1-3H3,(H,29,30)(H2,27,28,31). The van der Waals surface area contributed by atoms with Gasteiger partial charge in [0.15, 0.2) is 0 Å². The first-order valence-electron chi connectivity index (χ1n) is 10.0. The molecule has 1 heterocycles. The third kappa shape index (κ3) is 4.43. The van der Waals surface area contributed by atoms with Crippen molar-refractivity contribution in [3.8, 4) is 0 Å². The van der Waals surface area contributed by atoms with E-state index in [4.69, 9.17) is 0 Å². The normalized spacial score (nSPS) is 10.7. The topological polar surface area (TPSA) is 86.0 Å². The number of hydrogen-bond acceptors (Lipinski definition) is 2. The summed E-state index contributed by atoms with van der Waals surface area (Å²) in [5, 5.41) is 9.57. The molecule has 4 N–H and O–H groups in total. The summed E-state index contributed by atoms with van der Waals surface area (Å²) in [4.78, 5) is 28.5. The Morgan fingerprint density at radius 1 is 0.774 bits per heavy atom. The van der Waals surface area contributed by atoms with Gasteiger partial charge in [-0.1, -0.05) is 24.3 Å². The highest BCUT2D eigenvalue weighted by molar-refractivity contribution is 6.07. The summed E-state index contributed by atoms with van der Waals surface area (Å²) in [5.74, 6) is -0.200. The van der Waals surface area contributed by atoms with Gasteiger partial charge in [-0.2, -0.15) is 0 Å². The van der Waals surface area contributed by atoms with E-state index in [1.54, 1.807) is 18.2 Å². The molecule has 0 aliphatic rings. The van der Waals surface area contributed by atoms with Crippen molar-refractivity contribution in [1.29, 1.82) is 0 Å². The third-order valence-corrected chi connectivity index (χ3v) is 5.35. The third-order valence-electron chi connectivity index (χ3n) is 5.35. The summed E-state index contributed by atoms with van der Waals surface area (Å²) in [7, 11) is 0. The highest BCUT2D eigenvalue weighted by Crippen LogP contribution is 2.25. The molecule has 0 spiro atoms. The zero-order chi connectivity index (χ0) is 22.0. The lowest BCUT2D eigenvalue weighted by molar-refractivity contribution is 0.102. The summed E-state index contributed by atoms with van der Waals surface area (Å²) in [6.45, 7) is 5.97. The number of aromatic amines is 1. The van der Waals surface area contributed by atoms with E-state index in [2.05, 4.69) is 20.9 Å². The second-order valence-corrected chi connectivity index (χ2v) is 7.56. The van der Waals surface area contributed by atoms with Crippen LogP contribution in [-0.2, 0) is 0 Å². The number of urea groups is 1. The number of carbonyl (C=O) groups excluding carboxylic acids is 2. The molecule has 0 unspecified atom stereocenters. The van der Waals surface area contributed by atoms with Gasteiger partial charge in [0.2, 0.25) is 0 Å². The van der Waals surface area contributed by atoms with Gasteiger partial charge < -0.3 is 20.9 Å². The van der Waals surface area contributed by atoms with Gasteiger partial charge in [-0.05, 0) is 74.4 Å². The smallest absolute Gasteiger partial charge is 0.323 e. The number of H-pyrrole nitrogens is 1. The fourth-order valence-electron chi connectivity index (χ4n) is 3.45. The first-order chi connectivity index (χ1) is 14.9. The van der Waals surface area contributed by atoms with Crippen LogP contribution in [0.3, 0.4) is 0 Å². The average molecular weight is 412 g/mol. The van der Waals surface area contributed by atoms with Gasteiger partial charge in [-0.25, -0.2) is 4.79 Å². The van der Waals surface area contributed by atoms with E-state index in [1.165, 1.54) is 0 Å². The number of hydrogen-bond donors (Lipinski definition) is 4. The Balaban J connectivity index is 1.50. The summed E-state index contributed by atoms with van der Waals surface area (Å²) < 4.78 is 0. The van der Waals surface area contributed by atoms with E-state index in [9.17, 15) is 9.59 Å². The van der Waals surface area contributed by atoms with Gasteiger partial charge in [0, 0.05) is 39.2 Å². The molecular weight excluding hydrogens is 388 g/mol. The number of rotatable bonds is 4. The largest absolute Gasteiger partial charge is 0.358 e. The van der Waals surface area contributed by atoms with Crippen LogP contribution >= 0.6 is 0 Å². The number of anilines is 3. The maximum absolute atomic E-state index is 12.9. The molecule has 0 aliphatic carbocycles. The van der Waals surface area contributed by atoms with Gasteiger partial charge in [0.05, 0.1) is 0 Å². The summed E-state index contributed by atoms with van der Waals surface area (Å²) >= 11 is 0. The SMILES string of the molecule is Cc1ccc(NC(=O)Nc2ccccc2)cc1NC(=O)c1ccc2[nH]c(C)c(C)c2c1. The van der Waals surface area contributed by atoms with E-state index in [0.717, 1.165) is 27.7 Å². The van der Waals surface area contributed by atoms with Crippen LogP contribution in [0, 0.1) is 20.8 Å². The Bertz CT molecular complexity index is 1280. The predicted octanol–water partition coefficient (Wildman–Crippen LogP) is 5.99. The number of para-hydroxylation sites is 1. The second-order valence-electron chi connectivity index (χ2n) is 7.56. The molecule has 6 nitrogen and oxygen atoms in total. The van der Waals surface area contributed by atoms with Gasteiger partial charge in [0.1, 0.15) is 0 Å². The number of carbonyl (C=O) groups is 2. The highest BCUT2D eigenvalue weighted by Gasteiger charge is 2.12. The number of fused-ring (bicyclic) bond motifs is 1. The monoisotopic (exact) mass is 412 g/mol. The van der Waals surface area contributed by atoms with Crippen LogP contribution in [-0.4, -0.2) is 16.9 Å². The number of aromatic nitrogens is 1. The van der Waals surface area contributed by atoms with Crippen molar-refractivity contribution < 1.29 is 9.59 Å². The van der Waals surface area contributed by atoms with Crippen LogP contribution in [0.15, 0.2) is 66.7 Å². The average Bonchev–Trinajstić information content (AvgIpc) is 3.04. The van der Waals surface area contributed by atoms with Crippen LogP contribution in [0.5, 0.6) is 0 Å². The minimum Gasteiger partial charge on any atom is -0.358 e. The summed E-state index contributed by atoms with van der Waals surface area (Å²) in [5.41, 5.74) is 6.65. The number of aryl methyl sites for hydroxylation is 3. The minimum absolute atomic E-state index is 0.200. The van der Waals surface area contributed by atoms with Crippen molar-refractivity contribution in [2.24, 2.45) is 0 Å². The Hall–Kier alpha value is -4.06. The fourth-order valence-corrected chi connectivity index (χ4v) is 3.45. The molecular formula is C25H24N4O2. The van der Waals surface area contributed by atoms with Crippen molar-refractivity contribution >= 4 is 39.9 Å². The Labute approximate surface area is 180 Å². The maximum atomic E-state index is 12.9. The zero-order valence-corrected chi connectivity index (χ0v) is 17.7. The van der Waals surface area contributed by atoms with Crippen LogP contribution < -0.4 is 16.0 Å². The molecule has 0 fully saturated rings. The van der Waals surface area contributed by atoms with Gasteiger partial charge in [0.25, 0.3) is 5.91 Å². The van der Waals surface area contributed by atoms with Crippen molar-refractivity contribution in [3.63, 3.8) is 0 Å². The van der Waals surface area contributed by atoms with E-state index < -0.39 is 0 Å². The molecule has 3 amide bonds. The number of amides is 3. The molecule has 31 heavy (non-hydrogen) atoms. The van der Waals surface area contributed by atoms with Crippen molar-refractivity contribution in [1.82, 2.24) is 4.98 Å². The molecule has 4 aromatic rings. The van der Waals surface area contributed by atoms with Crippen molar-refractivity contribution in [2.75, 3.05) is 16.0 Å². The highest BCUT2D eigenvalue weighted by atomic mass is 16.2. The van der Waals surface area contributed by atoms with Crippen LogP contribution in [0.25, 0.3) is 10.9 Å². The van der Waals surface area contributed by atoms with Crippen LogP contribution in [0.4, 0.5) is 21.9 Å². The molecule has 0 atom stereocenters. The first kappa shape index (κ1) is 20.2. The lowest BCUT2D eigenvalue weighted by Gasteiger charge is -2.12. The lowest BCUT2D eigenvalue weighted by atomic mass is 10.1.